The molecule has 0 amide bonds. The van der Waals surface area contributed by atoms with Crippen LogP contribution in [0.5, 0.6) is 0 Å². The topological polar surface area (TPSA) is 50.9 Å². The molecule has 0 bridgehead atoms. The summed E-state index contributed by atoms with van der Waals surface area (Å²) < 4.78 is 0.851. The minimum Gasteiger partial charge on any atom is -0.383 e. The standard InChI is InChI=1S/C11H18BrN3/c1-8(2)9(6-13)7-15-10-4-3-5-14-11(10)12/h3-5,8-9,15H,6-7,13H2,1-2H3. The summed E-state index contributed by atoms with van der Waals surface area (Å²) in [6.45, 7) is 5.98. The van der Waals surface area contributed by atoms with Crippen molar-refractivity contribution in [2.45, 2.75) is 13.8 Å². The highest BCUT2D eigenvalue weighted by Crippen LogP contribution is 2.19. The fourth-order valence-corrected chi connectivity index (χ4v) is 1.74. The Hall–Kier alpha value is -0.610. The third kappa shape index (κ3) is 3.80. The number of hydrogen-bond donors (Lipinski definition) is 2. The van der Waals surface area contributed by atoms with Crippen LogP contribution in [-0.2, 0) is 0 Å². The van der Waals surface area contributed by atoms with E-state index in [1.807, 2.05) is 12.1 Å². The lowest BCUT2D eigenvalue weighted by Gasteiger charge is -2.20. The van der Waals surface area contributed by atoms with E-state index >= 15 is 0 Å². The van der Waals surface area contributed by atoms with E-state index in [0.717, 1.165) is 16.8 Å². The number of anilines is 1. The van der Waals surface area contributed by atoms with Gasteiger partial charge in [0.05, 0.1) is 5.69 Å². The first kappa shape index (κ1) is 12.5. The van der Waals surface area contributed by atoms with Crippen LogP contribution in [0.2, 0.25) is 0 Å². The zero-order valence-corrected chi connectivity index (χ0v) is 10.8. The molecule has 0 saturated carbocycles. The van der Waals surface area contributed by atoms with Crippen LogP contribution in [0, 0.1) is 11.8 Å². The second kappa shape index (κ2) is 6.08. The molecule has 1 heterocycles. The lowest BCUT2D eigenvalue weighted by molar-refractivity contribution is 0.413. The third-order valence-corrected chi connectivity index (χ3v) is 3.19. The van der Waals surface area contributed by atoms with Crippen molar-refractivity contribution in [2.24, 2.45) is 17.6 Å². The van der Waals surface area contributed by atoms with Crippen LogP contribution in [0.4, 0.5) is 5.69 Å². The number of rotatable bonds is 5. The van der Waals surface area contributed by atoms with Crippen molar-refractivity contribution < 1.29 is 0 Å². The monoisotopic (exact) mass is 271 g/mol. The maximum absolute atomic E-state index is 5.71. The Morgan fingerprint density at radius 2 is 2.27 bits per heavy atom. The number of nitrogens with zero attached hydrogens (tertiary/aromatic N) is 1. The molecule has 3 nitrogen and oxygen atoms in total. The number of aromatic nitrogens is 1. The maximum atomic E-state index is 5.71. The summed E-state index contributed by atoms with van der Waals surface area (Å²) in [7, 11) is 0. The summed E-state index contributed by atoms with van der Waals surface area (Å²) in [5, 5.41) is 3.36. The second-order valence-corrected chi connectivity index (χ2v) is 4.71. The van der Waals surface area contributed by atoms with Gasteiger partial charge in [0, 0.05) is 12.7 Å². The lowest BCUT2D eigenvalue weighted by atomic mass is 9.96. The van der Waals surface area contributed by atoms with E-state index in [9.17, 15) is 0 Å². The highest BCUT2D eigenvalue weighted by atomic mass is 79.9. The molecule has 1 unspecified atom stereocenters. The molecule has 0 aromatic carbocycles. The summed E-state index contributed by atoms with van der Waals surface area (Å²) in [6.07, 6.45) is 1.76. The SMILES string of the molecule is CC(C)C(CN)CNc1cccnc1Br. The minimum absolute atomic E-state index is 0.497. The van der Waals surface area contributed by atoms with E-state index in [4.69, 9.17) is 5.73 Å². The molecular formula is C11H18BrN3. The molecule has 0 fully saturated rings. The molecule has 0 aliphatic carbocycles. The van der Waals surface area contributed by atoms with Crippen LogP contribution in [0.25, 0.3) is 0 Å². The van der Waals surface area contributed by atoms with Gasteiger partial charge in [-0.2, -0.15) is 0 Å². The molecule has 4 heteroatoms. The van der Waals surface area contributed by atoms with Crippen LogP contribution < -0.4 is 11.1 Å². The first-order valence-electron chi connectivity index (χ1n) is 5.19. The summed E-state index contributed by atoms with van der Waals surface area (Å²) >= 11 is 3.40. The number of pyridine rings is 1. The van der Waals surface area contributed by atoms with Gasteiger partial charge < -0.3 is 11.1 Å². The predicted molar refractivity (Wildman–Crippen MR) is 67.8 cm³/mol. The minimum atomic E-state index is 0.497. The molecule has 0 aliphatic heterocycles. The van der Waals surface area contributed by atoms with Crippen molar-refractivity contribution in [3.8, 4) is 0 Å². The fraction of sp³-hybridized carbons (Fsp3) is 0.545. The smallest absolute Gasteiger partial charge is 0.129 e. The van der Waals surface area contributed by atoms with Crippen molar-refractivity contribution in [1.82, 2.24) is 4.98 Å². The van der Waals surface area contributed by atoms with Crippen LogP contribution in [0.15, 0.2) is 22.9 Å². The molecule has 1 aromatic rings. The quantitative estimate of drug-likeness (QED) is 0.810. The van der Waals surface area contributed by atoms with E-state index in [0.29, 0.717) is 18.4 Å². The summed E-state index contributed by atoms with van der Waals surface area (Å²) in [6, 6.07) is 3.92. The van der Waals surface area contributed by atoms with Crippen LogP contribution in [0.3, 0.4) is 0 Å². The Morgan fingerprint density at radius 1 is 1.53 bits per heavy atom. The van der Waals surface area contributed by atoms with Crippen molar-refractivity contribution in [3.63, 3.8) is 0 Å². The van der Waals surface area contributed by atoms with Gasteiger partial charge in [0.1, 0.15) is 4.60 Å². The molecule has 1 rings (SSSR count). The van der Waals surface area contributed by atoms with Crippen LogP contribution in [-0.4, -0.2) is 18.1 Å². The Morgan fingerprint density at radius 3 is 2.80 bits per heavy atom. The van der Waals surface area contributed by atoms with Gasteiger partial charge in [0.25, 0.3) is 0 Å². The van der Waals surface area contributed by atoms with E-state index < -0.39 is 0 Å². The molecule has 1 atom stereocenters. The van der Waals surface area contributed by atoms with Gasteiger partial charge in [0.2, 0.25) is 0 Å². The van der Waals surface area contributed by atoms with Gasteiger partial charge in [0.15, 0.2) is 0 Å². The van der Waals surface area contributed by atoms with Gasteiger partial charge in [-0.3, -0.25) is 0 Å². The molecule has 0 spiro atoms. The van der Waals surface area contributed by atoms with Gasteiger partial charge >= 0.3 is 0 Å². The molecule has 0 saturated heterocycles. The number of hydrogen-bond acceptors (Lipinski definition) is 3. The Bertz CT molecular complexity index is 302. The van der Waals surface area contributed by atoms with Gasteiger partial charge in [-0.1, -0.05) is 13.8 Å². The Labute approximate surface area is 99.6 Å². The molecule has 0 aliphatic rings. The average molecular weight is 272 g/mol. The highest BCUT2D eigenvalue weighted by Gasteiger charge is 2.11. The lowest BCUT2D eigenvalue weighted by Crippen LogP contribution is -2.27. The van der Waals surface area contributed by atoms with Gasteiger partial charge in [-0.25, -0.2) is 4.98 Å². The van der Waals surface area contributed by atoms with Crippen molar-refractivity contribution in [1.29, 1.82) is 0 Å². The molecule has 15 heavy (non-hydrogen) atoms. The normalized spacial score (nSPS) is 12.9. The predicted octanol–water partition coefficient (Wildman–Crippen LogP) is 2.49. The zero-order chi connectivity index (χ0) is 11.3. The van der Waals surface area contributed by atoms with Crippen LogP contribution in [0.1, 0.15) is 13.8 Å². The largest absolute Gasteiger partial charge is 0.383 e. The average Bonchev–Trinajstić information content (AvgIpc) is 2.21. The van der Waals surface area contributed by atoms with E-state index in [2.05, 4.69) is 40.1 Å². The summed E-state index contributed by atoms with van der Waals surface area (Å²) in [4.78, 5) is 4.15. The first-order chi connectivity index (χ1) is 7.15. The van der Waals surface area contributed by atoms with Gasteiger partial charge in [-0.05, 0) is 46.4 Å². The number of nitrogens with two attached hydrogens (primary N) is 1. The number of nitrogens with one attached hydrogen (secondary N) is 1. The van der Waals surface area contributed by atoms with Crippen LogP contribution >= 0.6 is 15.9 Å². The summed E-state index contributed by atoms with van der Waals surface area (Å²) in [5.74, 6) is 1.09. The molecule has 0 radical (unpaired) electrons. The van der Waals surface area contributed by atoms with Crippen molar-refractivity contribution >= 4 is 21.6 Å². The first-order valence-corrected chi connectivity index (χ1v) is 5.99. The Kier molecular flexibility index (Phi) is 5.05. The van der Waals surface area contributed by atoms with Gasteiger partial charge in [-0.15, -0.1) is 0 Å². The number of halogens is 1. The molecular weight excluding hydrogens is 254 g/mol. The molecule has 1 aromatic heterocycles. The fourth-order valence-electron chi connectivity index (χ4n) is 1.35. The van der Waals surface area contributed by atoms with Crippen molar-refractivity contribution in [3.05, 3.63) is 22.9 Å². The zero-order valence-electron chi connectivity index (χ0n) is 9.20. The van der Waals surface area contributed by atoms with E-state index in [1.54, 1.807) is 6.20 Å². The second-order valence-electron chi connectivity index (χ2n) is 3.96. The van der Waals surface area contributed by atoms with Crippen molar-refractivity contribution in [2.75, 3.05) is 18.4 Å². The third-order valence-electron chi connectivity index (χ3n) is 2.56. The maximum Gasteiger partial charge on any atom is 0.129 e. The molecule has 3 N–H and O–H groups in total. The van der Waals surface area contributed by atoms with E-state index in [1.165, 1.54) is 0 Å². The highest BCUT2D eigenvalue weighted by molar-refractivity contribution is 9.10. The summed E-state index contributed by atoms with van der Waals surface area (Å²) in [5.41, 5.74) is 6.73. The van der Waals surface area contributed by atoms with E-state index in [-0.39, 0.29) is 0 Å². The Balaban J connectivity index is 2.53. The molecule has 84 valence electrons.